The van der Waals surface area contributed by atoms with Gasteiger partial charge in [0.2, 0.25) is 5.91 Å². The molecule has 0 fully saturated rings. The van der Waals surface area contributed by atoms with Gasteiger partial charge in [-0.3, -0.25) is 33.6 Å². The summed E-state index contributed by atoms with van der Waals surface area (Å²) in [6.45, 7) is 45.0. The van der Waals surface area contributed by atoms with Gasteiger partial charge < -0.3 is 1.43 Å². The fourth-order valence-electron chi connectivity index (χ4n) is 2.13. The Hall–Kier alpha value is 3.75. The van der Waals surface area contributed by atoms with Crippen LogP contribution >= 0.6 is 0 Å². The quantitative estimate of drug-likeness (QED) is 0.134. The van der Waals surface area contributed by atoms with Crippen molar-refractivity contribution in [2.24, 2.45) is 21.1 Å². The first-order chi connectivity index (χ1) is 27.8. The molecule has 4 aromatic rings. The number of aromatic amines is 1. The second-order valence-electron chi connectivity index (χ2n) is 7.82. The SMILES string of the molecule is C.CC.CC.CC.CC.CC.CC.CC.CC.CC.CC(=O)c1cnn(C)c1.CON(C)C(C)=O.Cc1cn[nH]c1.Cc1cnn(C)c1.Cc1cnn(C)c1.[B].[B].[B].[B].[H-].[K][K].[K][K].[Na+]. The van der Waals surface area contributed by atoms with Crippen LogP contribution < -0.4 is 29.6 Å². The molecule has 0 aliphatic heterocycles. The van der Waals surface area contributed by atoms with Crippen molar-refractivity contribution in [2.75, 3.05) is 14.2 Å². The van der Waals surface area contributed by atoms with E-state index in [1.54, 1.807) is 46.7 Å². The number of Topliss-reactive ketones (excluding diaryl/α,β-unsaturated/α-hetero) is 1. The number of hydroxylamine groups is 2. The number of amides is 1. The Balaban J connectivity index is -0.0000000212. The first-order valence-corrected chi connectivity index (χ1v) is 54.0. The Kier molecular flexibility index (Phi) is 241. The number of carbonyl (C=O) groups is 2. The molecule has 0 bridgehead atoms. The van der Waals surface area contributed by atoms with Gasteiger partial charge >= 0.3 is 156 Å². The molecule has 0 aliphatic rings. The minimum atomic E-state index is -0.0949. The number of aromatic nitrogens is 8. The first-order valence-electron chi connectivity index (χ1n) is 22.0. The van der Waals surface area contributed by atoms with Crippen LogP contribution in [0.25, 0.3) is 0 Å². The Morgan fingerprint density at radius 2 is 0.828 bits per heavy atom. The zero-order valence-electron chi connectivity index (χ0n) is 49.2. The Labute approximate surface area is 523 Å². The van der Waals surface area contributed by atoms with Gasteiger partial charge in [0.05, 0.1) is 37.5 Å². The molecule has 12 nitrogen and oxygen atoms in total. The number of ketones is 1. The van der Waals surface area contributed by atoms with E-state index in [1.165, 1.54) is 164 Å². The van der Waals surface area contributed by atoms with E-state index in [-0.39, 0.29) is 83.8 Å². The van der Waals surface area contributed by atoms with Crippen LogP contribution in [0.3, 0.4) is 0 Å². The van der Waals surface area contributed by atoms with E-state index in [0.717, 1.165) is 5.06 Å². The monoisotopic (exact) mass is 1010 g/mol. The van der Waals surface area contributed by atoms with Crippen LogP contribution in [0.5, 0.6) is 0 Å². The van der Waals surface area contributed by atoms with Gasteiger partial charge in [0.15, 0.2) is 5.78 Å². The summed E-state index contributed by atoms with van der Waals surface area (Å²) in [6.07, 6.45) is 14.5. The van der Waals surface area contributed by atoms with Gasteiger partial charge in [-0.25, -0.2) is 5.06 Å². The molecule has 4 heterocycles. The van der Waals surface area contributed by atoms with Gasteiger partial charge in [-0.2, -0.15) is 20.4 Å². The molecule has 64 heavy (non-hydrogen) atoms. The van der Waals surface area contributed by atoms with Crippen LogP contribution in [0.4, 0.5) is 0 Å². The Bertz CT molecular complexity index is 1120. The van der Waals surface area contributed by atoms with E-state index in [2.05, 4.69) is 30.3 Å². The maximum absolute atomic E-state index is 10.6. The normalized spacial score (nSPS) is 6.25. The fraction of sp³-hybridized carbons (Fsp3) is 0.674. The topological polar surface area (TPSA) is 129 Å². The number of aryl methyl sites for hydroxylation is 6. The predicted octanol–water partition coefficient (Wildman–Crippen LogP) is 6.77. The predicted molar refractivity (Wildman–Crippen MR) is 294 cm³/mol. The molecule has 0 aliphatic carbocycles. The number of nitrogens with one attached hydrogen (secondary N) is 1. The van der Waals surface area contributed by atoms with Crippen molar-refractivity contribution >= 4 is 172 Å². The molecule has 0 saturated heterocycles. The molecule has 4 rings (SSSR count). The van der Waals surface area contributed by atoms with Crippen LogP contribution in [-0.2, 0) is 30.8 Å². The van der Waals surface area contributed by atoms with Gasteiger partial charge in [-0.1, -0.05) is 132 Å². The molecule has 0 aromatic carbocycles. The summed E-state index contributed by atoms with van der Waals surface area (Å²) in [5.74, 6) is -0.0365. The smallest absolute Gasteiger partial charge is 1.00 e. The molecule has 1 N–H and O–H groups in total. The van der Waals surface area contributed by atoms with Gasteiger partial charge in [-0.05, 0) is 44.4 Å². The molecule has 12 radical (unpaired) electrons. The van der Waals surface area contributed by atoms with Crippen molar-refractivity contribution in [3.8, 4) is 0 Å². The number of carbonyl (C=O) groups excluding carboxylic acids is 2. The Morgan fingerprint density at radius 1 is 0.562 bits per heavy atom. The third kappa shape index (κ3) is 121. The molecule has 0 atom stereocenters. The summed E-state index contributed by atoms with van der Waals surface area (Å²) in [4.78, 5) is 25.3. The first kappa shape index (κ1) is 122. The standard InChI is InChI=1S/C6H8N2O.2C5H8N2.C4H6N2.C4H9NO2.9C2H6.CH4.4B.4K.Na.H/c1-5(9)6-3-7-8(2)4-6;2*1-5-3-6-7(2)4-5;1-4-2-5-6-3-4;1-4(6)5(2)7-3;9*1-2;;;;;;;;;;;/h3-4H,1-2H3;2*3-4H,1-2H3;2-3H,1H3,(H,5,6);1-3H3;9*1-2H3;1H4;;;;;;;;;;/q;;;;;;;;;;;;;;;;;;;;;;;+1;-1. The molecule has 21 heteroatoms. The van der Waals surface area contributed by atoms with Gasteiger partial charge in [0.1, 0.15) is 0 Å². The summed E-state index contributed by atoms with van der Waals surface area (Å²) >= 11 is 5.00. The minimum absolute atomic E-state index is 0. The molecule has 0 unspecified atom stereocenters. The average molecular weight is 1010 g/mol. The van der Waals surface area contributed by atoms with Crippen molar-refractivity contribution in [2.45, 2.75) is 167 Å². The molecule has 0 spiro atoms. The molecule has 4 aromatic heterocycles. The maximum atomic E-state index is 10.6. The number of rotatable bonds is 2. The summed E-state index contributed by atoms with van der Waals surface area (Å²) in [5, 5.41) is 19.2. The van der Waals surface area contributed by atoms with Crippen LogP contribution in [0.1, 0.15) is 174 Å². The fourth-order valence-corrected chi connectivity index (χ4v) is 2.13. The number of hydrogen-bond acceptors (Lipinski definition) is 7. The summed E-state index contributed by atoms with van der Waals surface area (Å²) in [6, 6.07) is 0. The molecule has 0 saturated carbocycles. The third-order valence-corrected chi connectivity index (χ3v) is 4.13. The van der Waals surface area contributed by atoms with Crippen LogP contribution in [0, 0.1) is 20.8 Å². The van der Waals surface area contributed by atoms with Crippen molar-refractivity contribution in [1.29, 1.82) is 0 Å². The average Bonchev–Trinajstić information content (AvgIpc) is 4.14. The zero-order valence-corrected chi connectivity index (χ0v) is 62.7. The van der Waals surface area contributed by atoms with Crippen LogP contribution in [0.2, 0.25) is 0 Å². The maximum Gasteiger partial charge on any atom is 1.00 e. The number of H-pyrrole nitrogens is 1. The summed E-state index contributed by atoms with van der Waals surface area (Å²) in [7, 11) is 8.61. The van der Waals surface area contributed by atoms with E-state index in [9.17, 15) is 9.59 Å². The second-order valence-corrected chi connectivity index (χ2v) is 7.82. The van der Waals surface area contributed by atoms with Crippen LogP contribution in [0.15, 0.2) is 49.6 Å². The van der Waals surface area contributed by atoms with E-state index in [1.807, 2.05) is 190 Å². The molecular formula is C43H98B4K4N9NaO3. The third-order valence-electron chi connectivity index (χ3n) is 4.13. The van der Waals surface area contributed by atoms with Crippen molar-refractivity contribution in [3.63, 3.8) is 0 Å². The molecular weight excluding hydrogens is 913 g/mol. The van der Waals surface area contributed by atoms with Crippen molar-refractivity contribution < 1.29 is 45.4 Å². The van der Waals surface area contributed by atoms with Gasteiger partial charge in [0, 0.05) is 93.6 Å². The van der Waals surface area contributed by atoms with Crippen molar-refractivity contribution in [1.82, 2.24) is 44.6 Å². The second kappa shape index (κ2) is 127. The zero-order chi connectivity index (χ0) is 49.7. The van der Waals surface area contributed by atoms with E-state index in [0.29, 0.717) is 5.56 Å². The Morgan fingerprint density at radius 3 is 0.891 bits per heavy atom. The van der Waals surface area contributed by atoms with Gasteiger partial charge in [-0.15, -0.1) is 0 Å². The van der Waals surface area contributed by atoms with Gasteiger partial charge in [0.25, 0.3) is 0 Å². The number of nitrogens with zero attached hydrogens (tertiary/aromatic N) is 8. The summed E-state index contributed by atoms with van der Waals surface area (Å²) < 4.78 is 5.18. The van der Waals surface area contributed by atoms with Crippen LogP contribution in [-0.4, -0.2) is 230 Å². The largest absolute Gasteiger partial charge is 1.00 e. The number of hydrogen-bond donors (Lipinski definition) is 1. The molecule has 1 amide bonds. The summed E-state index contributed by atoms with van der Waals surface area (Å²) in [5.41, 5.74) is 4.26. The van der Waals surface area contributed by atoms with E-state index < -0.39 is 0 Å². The van der Waals surface area contributed by atoms with E-state index in [4.69, 9.17) is 0 Å². The van der Waals surface area contributed by atoms with Crippen molar-refractivity contribution in [3.05, 3.63) is 71.8 Å². The van der Waals surface area contributed by atoms with E-state index >= 15 is 0 Å². The minimum Gasteiger partial charge on any atom is 1.00 e. The molecule has 350 valence electrons.